The smallest absolute Gasteiger partial charge is 0.305 e. The van der Waals surface area contributed by atoms with E-state index in [0.717, 1.165) is 11.8 Å². The summed E-state index contributed by atoms with van der Waals surface area (Å²) >= 11 is 0.935. The molecule has 0 aromatic heterocycles. The minimum atomic E-state index is -1.88. The van der Waals surface area contributed by atoms with Crippen molar-refractivity contribution in [1.82, 2.24) is 69.1 Å². The summed E-state index contributed by atoms with van der Waals surface area (Å²) in [5.41, 5.74) is 11.8. The van der Waals surface area contributed by atoms with Crippen molar-refractivity contribution in [3.8, 4) is 0 Å². The van der Waals surface area contributed by atoms with Gasteiger partial charge in [0.05, 0.1) is 18.2 Å². The van der Waals surface area contributed by atoms with Crippen LogP contribution in [0.4, 0.5) is 0 Å². The van der Waals surface area contributed by atoms with Crippen LogP contribution in [-0.2, 0) is 73.5 Å². The zero-order valence-corrected chi connectivity index (χ0v) is 53.7. The van der Waals surface area contributed by atoms with E-state index in [4.69, 9.17) is 16.9 Å². The lowest BCUT2D eigenvalue weighted by Gasteiger charge is -2.29. The van der Waals surface area contributed by atoms with Crippen LogP contribution in [0.1, 0.15) is 120 Å². The highest BCUT2D eigenvalue weighted by atomic mass is 32.2. The third-order valence-corrected chi connectivity index (χ3v) is 15.8. The van der Waals surface area contributed by atoms with E-state index < -0.39 is 179 Å². The van der Waals surface area contributed by atoms with E-state index >= 15 is 0 Å². The highest BCUT2D eigenvalue weighted by Gasteiger charge is 2.37. The first kappa shape index (κ1) is 77.7. The van der Waals surface area contributed by atoms with Crippen molar-refractivity contribution in [3.05, 3.63) is 35.9 Å². The molecular weight excluding hydrogens is 1190 g/mol. The summed E-state index contributed by atoms with van der Waals surface area (Å²) in [6.07, 6.45) is 0.0993. The molecule has 0 radical (unpaired) electrons. The van der Waals surface area contributed by atoms with Crippen molar-refractivity contribution in [3.63, 3.8) is 0 Å². The van der Waals surface area contributed by atoms with Gasteiger partial charge in [-0.15, -0.1) is 11.8 Å². The Morgan fingerprint density at radius 2 is 0.989 bits per heavy atom. The summed E-state index contributed by atoms with van der Waals surface area (Å²) in [5, 5.41) is 50.4. The Kier molecular flexibility index (Phi) is 34.1. The summed E-state index contributed by atoms with van der Waals surface area (Å²) < 4.78 is 0. The van der Waals surface area contributed by atoms with Crippen LogP contribution in [0.25, 0.3) is 0 Å². The van der Waals surface area contributed by atoms with Crippen molar-refractivity contribution in [2.45, 2.75) is 193 Å². The first-order chi connectivity index (χ1) is 42.4. The molecule has 0 spiro atoms. The lowest BCUT2D eigenvalue weighted by atomic mass is 9.96. The number of hydrogen-bond acceptors (Lipinski definition) is 17. The van der Waals surface area contributed by atoms with Gasteiger partial charge in [0, 0.05) is 18.7 Å². The molecule has 12 amide bonds. The van der Waals surface area contributed by atoms with Gasteiger partial charge >= 0.3 is 5.97 Å². The van der Waals surface area contributed by atoms with Crippen LogP contribution in [0.3, 0.4) is 0 Å². The van der Waals surface area contributed by atoms with Crippen LogP contribution in [0.2, 0.25) is 0 Å². The van der Waals surface area contributed by atoms with E-state index in [-0.39, 0.29) is 56.7 Å². The molecule has 1 fully saturated rings. The number of carboxylic acids is 1. The van der Waals surface area contributed by atoms with Gasteiger partial charge in [-0.1, -0.05) is 84.7 Å². The molecule has 0 bridgehead atoms. The Labute approximate surface area is 528 Å². The third-order valence-electron chi connectivity index (χ3n) is 14.8. The molecule has 1 saturated heterocycles. The fourth-order valence-corrected chi connectivity index (χ4v) is 9.65. The topological polar surface area (TPSA) is 491 Å². The largest absolute Gasteiger partial charge is 0.481 e. The molecule has 1 aliphatic heterocycles. The number of hydrogen-bond donors (Lipinski definition) is 17. The Bertz CT molecular complexity index is 2670. The van der Waals surface area contributed by atoms with Crippen molar-refractivity contribution in [1.29, 1.82) is 5.41 Å². The molecule has 0 unspecified atom stereocenters. The highest BCUT2D eigenvalue weighted by Crippen LogP contribution is 2.14. The number of guanidine groups is 1. The van der Waals surface area contributed by atoms with E-state index in [1.807, 2.05) is 0 Å². The molecule has 1 aromatic rings. The average molecular weight is 1290 g/mol. The number of nitrogens with one attached hydrogen (secondary N) is 14. The van der Waals surface area contributed by atoms with Gasteiger partial charge < -0.3 is 90.5 Å². The Morgan fingerprint density at radius 1 is 0.578 bits per heavy atom. The van der Waals surface area contributed by atoms with Gasteiger partial charge in [-0.25, -0.2) is 0 Å². The molecule has 32 heteroatoms. The zero-order valence-electron chi connectivity index (χ0n) is 52.8. The molecule has 502 valence electrons. The molecule has 2 rings (SSSR count). The minimum Gasteiger partial charge on any atom is -0.481 e. The number of nitrogens with two attached hydrogens (primary N) is 2. The maximum absolute atomic E-state index is 14.3. The highest BCUT2D eigenvalue weighted by molar-refractivity contribution is 8.00. The van der Waals surface area contributed by atoms with Gasteiger partial charge in [0.1, 0.15) is 72.7 Å². The predicted molar refractivity (Wildman–Crippen MR) is 333 cm³/mol. The number of carbonyl (C=O) groups is 14. The van der Waals surface area contributed by atoms with Crippen LogP contribution in [0, 0.1) is 23.2 Å². The SMILES string of the molecule is CC[C@H](C)[C@@H]1NC(=O)[C@H](C)NC(=O)[C@H](Cc2ccccc2)NC(=O)CSC[C@@H](C=O)NC(=O)[C@H](CCCN)NC(=O)[C@H](C)NC(=O)[C@H](C(C)C)NC(=O)[C@H](C)NC(=O)[C@H](CC(=O)O)NC(=O)[C@H](CCCNC(=N)N)NC(=O)[C@H]([C@@H](C)CC)NC(=O)[C@H](C)NC1=O. The van der Waals surface area contributed by atoms with E-state index in [2.05, 4.69) is 69.1 Å². The van der Waals surface area contributed by atoms with Gasteiger partial charge in [0.2, 0.25) is 70.9 Å². The lowest BCUT2D eigenvalue weighted by molar-refractivity contribution is -0.141. The van der Waals surface area contributed by atoms with Crippen molar-refractivity contribution >= 4 is 101 Å². The van der Waals surface area contributed by atoms with Crippen LogP contribution in [-0.4, -0.2) is 191 Å². The summed E-state index contributed by atoms with van der Waals surface area (Å²) in [5.74, 6) is -14.7. The van der Waals surface area contributed by atoms with Crippen molar-refractivity contribution < 1.29 is 72.2 Å². The average Bonchev–Trinajstić information content (AvgIpc) is 2.73. The number of aldehydes is 1. The first-order valence-electron chi connectivity index (χ1n) is 30.1. The Balaban J connectivity index is 2.68. The summed E-state index contributed by atoms with van der Waals surface area (Å²) in [6.45, 7) is 15.2. The fourth-order valence-electron chi connectivity index (χ4n) is 8.85. The van der Waals surface area contributed by atoms with Gasteiger partial charge in [-0.2, -0.15) is 0 Å². The van der Waals surface area contributed by atoms with Crippen LogP contribution >= 0.6 is 11.8 Å². The molecule has 0 saturated carbocycles. The van der Waals surface area contributed by atoms with Gasteiger partial charge in [0.25, 0.3) is 0 Å². The van der Waals surface area contributed by atoms with Crippen molar-refractivity contribution in [2.24, 2.45) is 29.2 Å². The predicted octanol–water partition coefficient (Wildman–Crippen LogP) is -3.70. The fraction of sp³-hybridized carbons (Fsp3) is 0.638. The molecule has 1 aromatic carbocycles. The molecule has 0 aliphatic carbocycles. The molecular formula is C58H94N16O15S. The van der Waals surface area contributed by atoms with Crippen molar-refractivity contribution in [2.75, 3.05) is 24.6 Å². The summed E-state index contributed by atoms with van der Waals surface area (Å²) in [4.78, 5) is 191. The Morgan fingerprint density at radius 3 is 1.46 bits per heavy atom. The Hall–Kier alpha value is -8.42. The third kappa shape index (κ3) is 27.1. The summed E-state index contributed by atoms with van der Waals surface area (Å²) in [7, 11) is 0. The first-order valence-corrected chi connectivity index (χ1v) is 31.2. The number of rotatable bonds is 17. The molecule has 31 nitrogen and oxygen atoms in total. The number of thioether (sulfide) groups is 1. The van der Waals surface area contributed by atoms with Crippen LogP contribution < -0.4 is 80.6 Å². The number of amides is 12. The lowest BCUT2D eigenvalue weighted by Crippen LogP contribution is -2.61. The minimum absolute atomic E-state index is 0.00485. The van der Waals surface area contributed by atoms with Gasteiger partial charge in [0.15, 0.2) is 5.96 Å². The van der Waals surface area contributed by atoms with E-state index in [0.29, 0.717) is 24.7 Å². The number of carboxylic acid groups (broad SMARTS) is 1. The van der Waals surface area contributed by atoms with Gasteiger partial charge in [-0.05, 0) is 83.2 Å². The summed E-state index contributed by atoms with van der Waals surface area (Å²) in [6, 6.07) is -7.99. The molecule has 1 aliphatic rings. The molecule has 19 N–H and O–H groups in total. The molecule has 14 atom stereocenters. The zero-order chi connectivity index (χ0) is 67.9. The van der Waals surface area contributed by atoms with Crippen LogP contribution in [0.15, 0.2) is 30.3 Å². The maximum Gasteiger partial charge on any atom is 0.305 e. The molecule has 1 heterocycles. The van der Waals surface area contributed by atoms with Crippen LogP contribution in [0.5, 0.6) is 0 Å². The van der Waals surface area contributed by atoms with E-state index in [1.54, 1.807) is 71.9 Å². The second kappa shape index (κ2) is 39.6. The van der Waals surface area contributed by atoms with Gasteiger partial charge in [-0.3, -0.25) is 67.7 Å². The molecule has 90 heavy (non-hydrogen) atoms. The number of benzene rings is 1. The monoisotopic (exact) mass is 1290 g/mol. The second-order valence-corrected chi connectivity index (χ2v) is 23.7. The maximum atomic E-state index is 14.3. The number of aliphatic carboxylic acids is 1. The quantitative estimate of drug-likeness (QED) is 0.0309. The van der Waals surface area contributed by atoms with E-state index in [1.165, 1.54) is 27.7 Å². The standard InChI is InChI=1S/C58H94N16O15S/c1-11-30(5)45-56(88)66-35(10)50(82)74-46(31(6)12-2)57(89)70-39(21-17-23-62-58(60)61)52(84)71-41(25-43(77)78)54(86)64-33(8)48(80)72-44(29(3)4)55(87)65-32(7)47(79)69-38(20-16-22-59)51(83)67-37(26-75)27-90-28-42(76)68-40(24-36-18-14-13-15-19-36)53(85)63-34(9)49(81)73-45/h13-15,18-19,26,29-35,37-41,44-46H,11-12,16-17,20-25,27-28,59H2,1-10H3,(H,63,85)(H,64,86)(H,65,87)(H,66,88)(H,67,83)(H,68,76)(H,69,79)(H,70,89)(H,71,84)(H,72,80)(H,73,81)(H,74,82)(H,77,78)(H4,60,61,62)/t30-,31-,32-,33-,34-,35-,37+,38-,39-,40-,41-,44-,45-,46-/m0/s1. The second-order valence-electron chi connectivity index (χ2n) is 22.7. The number of carbonyl (C=O) groups excluding carboxylic acids is 13. The normalized spacial score (nSPS) is 26.9. The van der Waals surface area contributed by atoms with E-state index in [9.17, 15) is 72.2 Å².